The highest BCUT2D eigenvalue weighted by atomic mass is 32.2. The highest BCUT2D eigenvalue weighted by Crippen LogP contribution is 2.31. The van der Waals surface area contributed by atoms with Crippen LogP contribution in [0.3, 0.4) is 0 Å². The van der Waals surface area contributed by atoms with E-state index in [9.17, 15) is 31.5 Å². The van der Waals surface area contributed by atoms with Crippen LogP contribution in [0.15, 0.2) is 135 Å². The number of oxime groups is 1. The SMILES string of the molecule is Cc1ccc(S(=O)(=O)O/N=C(/C(=O)c2ccc(S(=O)(=O)c3ccccc3)c3ccccc23)c2ccc(C(=O)O)cc2)cc1. The van der Waals surface area contributed by atoms with E-state index in [1.165, 1.54) is 60.7 Å². The van der Waals surface area contributed by atoms with Gasteiger partial charge in [0.1, 0.15) is 4.90 Å². The molecule has 0 amide bonds. The number of carbonyl (C=O) groups is 2. The largest absolute Gasteiger partial charge is 0.478 e. The van der Waals surface area contributed by atoms with Gasteiger partial charge >= 0.3 is 16.1 Å². The molecule has 11 heteroatoms. The fourth-order valence-corrected chi connectivity index (χ4v) is 6.60. The van der Waals surface area contributed by atoms with Gasteiger partial charge in [-0.15, -0.1) is 0 Å². The highest BCUT2D eigenvalue weighted by Gasteiger charge is 2.26. The number of hydrogen-bond donors (Lipinski definition) is 1. The monoisotopic (exact) mass is 613 g/mol. The average molecular weight is 614 g/mol. The first kappa shape index (κ1) is 29.4. The summed E-state index contributed by atoms with van der Waals surface area (Å²) in [7, 11) is -8.39. The molecule has 0 bridgehead atoms. The Kier molecular flexibility index (Phi) is 7.94. The van der Waals surface area contributed by atoms with Crippen LogP contribution in [0.2, 0.25) is 0 Å². The van der Waals surface area contributed by atoms with E-state index in [1.54, 1.807) is 61.5 Å². The Morgan fingerprint density at radius 2 is 1.23 bits per heavy atom. The second-order valence-corrected chi connectivity index (χ2v) is 12.9. The van der Waals surface area contributed by atoms with E-state index in [0.717, 1.165) is 5.56 Å². The number of carboxylic acids is 1. The number of fused-ring (bicyclic) bond motifs is 1. The van der Waals surface area contributed by atoms with Gasteiger partial charge in [0.05, 0.1) is 15.4 Å². The molecule has 1 N–H and O–H groups in total. The maximum atomic E-state index is 14.0. The number of aryl methyl sites for hydroxylation is 1. The van der Waals surface area contributed by atoms with Crippen molar-refractivity contribution in [2.45, 2.75) is 21.6 Å². The van der Waals surface area contributed by atoms with Crippen molar-refractivity contribution in [3.05, 3.63) is 138 Å². The minimum atomic E-state index is -4.43. The summed E-state index contributed by atoms with van der Waals surface area (Å²) in [5, 5.41) is 13.6. The summed E-state index contributed by atoms with van der Waals surface area (Å²) in [5.74, 6) is -1.97. The minimum Gasteiger partial charge on any atom is -0.478 e. The van der Waals surface area contributed by atoms with Crippen LogP contribution in [-0.2, 0) is 24.2 Å². The van der Waals surface area contributed by atoms with Crippen LogP contribution in [0.5, 0.6) is 0 Å². The number of rotatable bonds is 9. The Hall–Kier alpha value is -5.13. The van der Waals surface area contributed by atoms with Crippen molar-refractivity contribution in [1.82, 2.24) is 0 Å². The Balaban J connectivity index is 1.64. The molecule has 0 aliphatic rings. The smallest absolute Gasteiger partial charge is 0.358 e. The van der Waals surface area contributed by atoms with E-state index >= 15 is 0 Å². The first-order chi connectivity index (χ1) is 20.5. The first-order valence-electron chi connectivity index (χ1n) is 12.8. The average Bonchev–Trinajstić information content (AvgIpc) is 3.01. The van der Waals surface area contributed by atoms with Gasteiger partial charge in [0.25, 0.3) is 0 Å². The van der Waals surface area contributed by atoms with Crippen molar-refractivity contribution < 1.29 is 35.8 Å². The van der Waals surface area contributed by atoms with E-state index in [-0.39, 0.29) is 42.1 Å². The topological polar surface area (TPSA) is 144 Å². The van der Waals surface area contributed by atoms with Crippen LogP contribution in [-0.4, -0.2) is 39.4 Å². The lowest BCUT2D eigenvalue weighted by Gasteiger charge is -2.13. The molecule has 0 unspecified atom stereocenters. The summed E-state index contributed by atoms with van der Waals surface area (Å²) < 4.78 is 57.8. The molecule has 5 aromatic carbocycles. The van der Waals surface area contributed by atoms with E-state index < -0.39 is 37.4 Å². The molecule has 43 heavy (non-hydrogen) atoms. The van der Waals surface area contributed by atoms with Crippen LogP contribution in [0.25, 0.3) is 10.8 Å². The molecular formula is C32H23NO8S2. The van der Waals surface area contributed by atoms with Crippen molar-refractivity contribution in [1.29, 1.82) is 0 Å². The van der Waals surface area contributed by atoms with Gasteiger partial charge in [0.15, 0.2) is 5.71 Å². The van der Waals surface area contributed by atoms with Crippen molar-refractivity contribution in [3.63, 3.8) is 0 Å². The molecule has 5 rings (SSSR count). The van der Waals surface area contributed by atoms with Crippen molar-refractivity contribution in [2.75, 3.05) is 0 Å². The van der Waals surface area contributed by atoms with Gasteiger partial charge in [-0.3, -0.25) is 9.08 Å². The number of hydrogen-bond acceptors (Lipinski definition) is 8. The molecule has 216 valence electrons. The molecule has 0 spiro atoms. The van der Waals surface area contributed by atoms with Crippen LogP contribution in [0.1, 0.15) is 31.8 Å². The Morgan fingerprint density at radius 1 is 0.651 bits per heavy atom. The lowest BCUT2D eigenvalue weighted by Crippen LogP contribution is -2.19. The van der Waals surface area contributed by atoms with Crippen molar-refractivity contribution >= 4 is 48.2 Å². The fraction of sp³-hybridized carbons (Fsp3) is 0.0312. The Labute approximate surface area is 247 Å². The molecule has 9 nitrogen and oxygen atoms in total. The third-order valence-corrected chi connectivity index (χ3v) is 9.58. The number of carboxylic acid groups (broad SMARTS) is 1. The van der Waals surface area contributed by atoms with E-state index in [1.807, 2.05) is 0 Å². The molecule has 0 saturated carbocycles. The summed E-state index contributed by atoms with van der Waals surface area (Å²) in [5.41, 5.74) is 0.432. The lowest BCUT2D eigenvalue weighted by atomic mass is 9.95. The molecule has 0 fully saturated rings. The summed E-state index contributed by atoms with van der Waals surface area (Å²) >= 11 is 0. The minimum absolute atomic E-state index is 0.0200. The fourth-order valence-electron chi connectivity index (χ4n) is 4.39. The standard InChI is InChI=1S/C32H23NO8S2/c1-21-11-17-25(18-12-21)43(39,40)41-33-30(22-13-15-23(16-14-22)32(35)36)31(34)28-19-20-29(27-10-6-5-9-26(27)28)42(37,38)24-7-3-2-4-8-24/h2-20H,1H3,(H,35,36)/b33-30+. The number of aromatic carboxylic acids is 1. The van der Waals surface area contributed by atoms with Crippen LogP contribution in [0.4, 0.5) is 0 Å². The number of benzene rings is 5. The van der Waals surface area contributed by atoms with E-state index in [0.29, 0.717) is 0 Å². The predicted molar refractivity (Wildman–Crippen MR) is 160 cm³/mol. The van der Waals surface area contributed by atoms with Crippen LogP contribution < -0.4 is 0 Å². The third kappa shape index (κ3) is 5.94. The lowest BCUT2D eigenvalue weighted by molar-refractivity contribution is 0.0696. The van der Waals surface area contributed by atoms with Gasteiger partial charge < -0.3 is 5.11 Å². The molecule has 5 aromatic rings. The van der Waals surface area contributed by atoms with Gasteiger partial charge in [-0.25, -0.2) is 13.2 Å². The molecule has 0 saturated heterocycles. The third-order valence-electron chi connectivity index (χ3n) is 6.63. The van der Waals surface area contributed by atoms with Gasteiger partial charge in [-0.1, -0.05) is 77.4 Å². The van der Waals surface area contributed by atoms with E-state index in [2.05, 4.69) is 5.16 Å². The molecule has 0 aliphatic carbocycles. The zero-order chi connectivity index (χ0) is 30.8. The maximum absolute atomic E-state index is 14.0. The number of nitrogens with zero attached hydrogens (tertiary/aromatic N) is 1. The number of carbonyl (C=O) groups excluding carboxylic acids is 1. The van der Waals surface area contributed by atoms with Gasteiger partial charge in [-0.05, 0) is 60.8 Å². The molecule has 0 aliphatic heterocycles. The first-order valence-corrected chi connectivity index (χ1v) is 15.7. The summed E-state index contributed by atoms with van der Waals surface area (Å²) in [4.78, 5) is 25.3. The van der Waals surface area contributed by atoms with E-state index in [4.69, 9.17) is 4.28 Å². The quantitative estimate of drug-likeness (QED) is 0.127. The molecule has 0 heterocycles. The van der Waals surface area contributed by atoms with Gasteiger partial charge in [-0.2, -0.15) is 8.42 Å². The zero-order valence-corrected chi connectivity index (χ0v) is 24.2. The maximum Gasteiger partial charge on any atom is 0.358 e. The number of Topliss-reactive ketones (excluding diaryl/α,β-unsaturated/α-hetero) is 1. The summed E-state index contributed by atoms with van der Waals surface area (Å²) in [6, 6.07) is 27.8. The predicted octanol–water partition coefficient (Wildman–Crippen LogP) is 5.67. The Bertz CT molecular complexity index is 2100. The molecule has 0 atom stereocenters. The van der Waals surface area contributed by atoms with Crippen molar-refractivity contribution in [3.8, 4) is 0 Å². The van der Waals surface area contributed by atoms with Crippen molar-refractivity contribution in [2.24, 2.45) is 5.16 Å². The highest BCUT2D eigenvalue weighted by molar-refractivity contribution is 7.91. The molecule has 0 aromatic heterocycles. The second-order valence-electron chi connectivity index (χ2n) is 9.47. The Morgan fingerprint density at radius 3 is 1.86 bits per heavy atom. The van der Waals surface area contributed by atoms with Gasteiger partial charge in [0, 0.05) is 16.5 Å². The van der Waals surface area contributed by atoms with Crippen LogP contribution in [0, 0.1) is 6.92 Å². The number of ketones is 1. The summed E-state index contributed by atoms with van der Waals surface area (Å²) in [6.45, 7) is 1.79. The van der Waals surface area contributed by atoms with Crippen LogP contribution >= 0.6 is 0 Å². The number of sulfone groups is 1. The second kappa shape index (κ2) is 11.6. The summed E-state index contributed by atoms with van der Waals surface area (Å²) in [6.07, 6.45) is 0. The normalized spacial score (nSPS) is 12.2. The molecular weight excluding hydrogens is 590 g/mol. The molecule has 0 radical (unpaired) electrons. The zero-order valence-electron chi connectivity index (χ0n) is 22.5. The van der Waals surface area contributed by atoms with Gasteiger partial charge in [0.2, 0.25) is 15.6 Å².